The van der Waals surface area contributed by atoms with Gasteiger partial charge in [0, 0.05) is 6.42 Å². The summed E-state index contributed by atoms with van der Waals surface area (Å²) in [6.07, 6.45) is -7.35. The Hall–Kier alpha value is -0.540. The van der Waals surface area contributed by atoms with Gasteiger partial charge >= 0.3 is 0 Å². The van der Waals surface area contributed by atoms with Gasteiger partial charge in [-0.15, -0.1) is 0 Å². The van der Waals surface area contributed by atoms with Crippen LogP contribution in [-0.4, -0.2) is 97.0 Å². The van der Waals surface area contributed by atoms with Crippen LogP contribution in [0, 0.1) is 0 Å². The standard InChI is InChI=1S/C11H18O18S6/c12-30(13)6-7-31(14,15)29-10(28-30)11-34(20,21)26-8(27-35(11,22)23)2-3-9-32(16,17)24-4-1-5-25-33(9,18)19/h8-11H,1-7H2. The van der Waals surface area contributed by atoms with Crippen molar-refractivity contribution in [3.8, 4) is 0 Å². The number of hydrogen-bond donors (Lipinski definition) is 0. The molecule has 3 saturated heterocycles. The molecule has 0 bridgehead atoms. The van der Waals surface area contributed by atoms with Crippen molar-refractivity contribution in [3.63, 3.8) is 0 Å². The highest BCUT2D eigenvalue weighted by molar-refractivity contribution is 8.05. The molecule has 0 radical (unpaired) electrons. The fourth-order valence-corrected chi connectivity index (χ4v) is 12.6. The average molecular weight is 631 g/mol. The predicted octanol–water partition coefficient (Wildman–Crippen LogP) is -3.42. The van der Waals surface area contributed by atoms with E-state index in [1.165, 1.54) is 0 Å². The molecule has 0 aromatic rings. The van der Waals surface area contributed by atoms with Crippen LogP contribution in [0.1, 0.15) is 19.3 Å². The van der Waals surface area contributed by atoms with Gasteiger partial charge in [0.25, 0.3) is 65.3 Å². The van der Waals surface area contributed by atoms with E-state index in [1.54, 1.807) is 0 Å². The van der Waals surface area contributed by atoms with Gasteiger partial charge in [0.05, 0.1) is 24.7 Å². The van der Waals surface area contributed by atoms with Crippen LogP contribution in [0.15, 0.2) is 0 Å². The van der Waals surface area contributed by atoms with Crippen molar-refractivity contribution in [2.75, 3.05) is 24.7 Å². The molecule has 0 atom stereocenters. The Morgan fingerprint density at radius 2 is 0.971 bits per heavy atom. The summed E-state index contributed by atoms with van der Waals surface area (Å²) < 4.78 is 167. The molecule has 3 aliphatic heterocycles. The number of hydrogen-bond acceptors (Lipinski definition) is 18. The van der Waals surface area contributed by atoms with E-state index in [0.717, 1.165) is 0 Å². The van der Waals surface area contributed by atoms with Gasteiger partial charge in [0.1, 0.15) is 0 Å². The van der Waals surface area contributed by atoms with E-state index in [2.05, 4.69) is 25.1 Å². The van der Waals surface area contributed by atoms with Gasteiger partial charge in [-0.25, -0.2) is 16.7 Å². The summed E-state index contributed by atoms with van der Waals surface area (Å²) in [7, 11) is -30.1. The third kappa shape index (κ3) is 6.86. The monoisotopic (exact) mass is 630 g/mol. The summed E-state index contributed by atoms with van der Waals surface area (Å²) in [5.41, 5.74) is 0. The van der Waals surface area contributed by atoms with Crippen LogP contribution in [0.2, 0.25) is 0 Å². The van der Waals surface area contributed by atoms with Crippen LogP contribution >= 0.6 is 0 Å². The fraction of sp³-hybridized carbons (Fsp3) is 1.00. The van der Waals surface area contributed by atoms with Gasteiger partial charge in [0.15, 0.2) is 6.29 Å². The highest BCUT2D eigenvalue weighted by Gasteiger charge is 2.57. The van der Waals surface area contributed by atoms with Crippen molar-refractivity contribution in [2.45, 2.75) is 41.0 Å². The van der Waals surface area contributed by atoms with Crippen LogP contribution in [0.3, 0.4) is 0 Å². The summed E-state index contributed by atoms with van der Waals surface area (Å²) >= 11 is 0. The first kappa shape index (κ1) is 29.0. The molecule has 0 N–H and O–H groups in total. The zero-order valence-corrected chi connectivity index (χ0v) is 22.0. The molecule has 0 amide bonds. The molecule has 35 heavy (non-hydrogen) atoms. The zero-order chi connectivity index (χ0) is 26.5. The summed E-state index contributed by atoms with van der Waals surface area (Å²) in [5, 5.41) is 0. The minimum atomic E-state index is -5.47. The van der Waals surface area contributed by atoms with Crippen LogP contribution in [0.4, 0.5) is 0 Å². The molecule has 24 heteroatoms. The first-order valence-corrected chi connectivity index (χ1v) is 18.2. The maximum Gasteiger partial charge on any atom is 0.295 e. The smallest absolute Gasteiger partial charge is 0.269 e. The molecule has 3 fully saturated rings. The van der Waals surface area contributed by atoms with E-state index >= 15 is 0 Å². The van der Waals surface area contributed by atoms with Gasteiger partial charge < -0.3 is 0 Å². The topological polar surface area (TPSA) is 260 Å². The highest BCUT2D eigenvalue weighted by atomic mass is 32.3. The summed E-state index contributed by atoms with van der Waals surface area (Å²) in [4.78, 5) is 0. The van der Waals surface area contributed by atoms with Gasteiger partial charge in [-0.3, -0.25) is 8.37 Å². The maximum absolute atomic E-state index is 12.5. The minimum absolute atomic E-state index is 0.0748. The van der Waals surface area contributed by atoms with Crippen LogP contribution in [0.5, 0.6) is 0 Å². The Balaban J connectivity index is 1.86. The van der Waals surface area contributed by atoms with Gasteiger partial charge in [-0.2, -0.15) is 50.5 Å². The first-order valence-electron chi connectivity index (χ1n) is 9.19. The molecule has 3 rings (SSSR count). The lowest BCUT2D eigenvalue weighted by atomic mass is 10.3. The van der Waals surface area contributed by atoms with Crippen molar-refractivity contribution >= 4 is 60.7 Å². The molecule has 0 aliphatic carbocycles. The third-order valence-electron chi connectivity index (χ3n) is 4.41. The van der Waals surface area contributed by atoms with E-state index in [-0.39, 0.29) is 6.42 Å². The minimum Gasteiger partial charge on any atom is -0.269 e. The quantitative estimate of drug-likeness (QED) is 0.274. The summed E-state index contributed by atoms with van der Waals surface area (Å²) in [5.74, 6) is -2.34. The Kier molecular flexibility index (Phi) is 8.00. The fourth-order valence-electron chi connectivity index (χ4n) is 2.90. The molecule has 0 saturated carbocycles. The molecule has 3 aliphatic rings. The van der Waals surface area contributed by atoms with E-state index in [0.29, 0.717) is 0 Å². The van der Waals surface area contributed by atoms with Crippen molar-refractivity contribution in [1.82, 2.24) is 0 Å². The second-order valence-electron chi connectivity index (χ2n) is 7.05. The lowest BCUT2D eigenvalue weighted by Crippen LogP contribution is -2.52. The molecule has 0 aromatic heterocycles. The lowest BCUT2D eigenvalue weighted by molar-refractivity contribution is -0.0211. The van der Waals surface area contributed by atoms with E-state index in [1.807, 2.05) is 0 Å². The Bertz CT molecular complexity index is 1360. The molecular formula is C11H18O18S6. The maximum atomic E-state index is 12.5. The van der Waals surface area contributed by atoms with E-state index < -0.39 is 120 Å². The highest BCUT2D eigenvalue weighted by Crippen LogP contribution is 2.34. The predicted molar refractivity (Wildman–Crippen MR) is 108 cm³/mol. The van der Waals surface area contributed by atoms with Gasteiger partial charge in [-0.1, -0.05) is 0 Å². The van der Waals surface area contributed by atoms with Gasteiger partial charge in [-0.05, 0) is 12.8 Å². The van der Waals surface area contributed by atoms with E-state index in [4.69, 9.17) is 0 Å². The summed E-state index contributed by atoms with van der Waals surface area (Å²) in [6, 6.07) is 0. The SMILES string of the molecule is O=S1(=O)CCS(=O)(=O)OC(C2S(=O)(=O)OC(CCC3S(=O)(=O)OCCCOS3(=O)=O)OS2(=O)=O)O1. The lowest BCUT2D eigenvalue weighted by Gasteiger charge is -2.31. The Morgan fingerprint density at radius 3 is 1.40 bits per heavy atom. The first-order chi connectivity index (χ1) is 15.8. The van der Waals surface area contributed by atoms with Crippen LogP contribution < -0.4 is 0 Å². The second kappa shape index (κ2) is 9.64. The molecule has 18 nitrogen and oxygen atoms in total. The largest absolute Gasteiger partial charge is 0.295 e. The normalized spacial score (nSPS) is 34.6. The Morgan fingerprint density at radius 1 is 0.543 bits per heavy atom. The van der Waals surface area contributed by atoms with Crippen molar-refractivity contribution in [3.05, 3.63) is 0 Å². The molecule has 3 heterocycles. The van der Waals surface area contributed by atoms with Crippen LogP contribution in [-0.2, 0) is 85.8 Å². The Labute approximate surface area is 201 Å². The van der Waals surface area contributed by atoms with Crippen molar-refractivity contribution < 1.29 is 75.6 Å². The summed E-state index contributed by atoms with van der Waals surface area (Å²) in [6.45, 7) is -0.829. The van der Waals surface area contributed by atoms with Crippen LogP contribution in [0.25, 0.3) is 0 Å². The molecule has 206 valence electrons. The molecule has 0 aromatic carbocycles. The average Bonchev–Trinajstić information content (AvgIpc) is 2.72. The van der Waals surface area contributed by atoms with E-state index in [9.17, 15) is 50.5 Å². The number of rotatable bonds is 4. The van der Waals surface area contributed by atoms with Crippen molar-refractivity contribution in [2.24, 2.45) is 0 Å². The molecule has 0 spiro atoms. The molecule has 0 unspecified atom stereocenters. The second-order valence-corrected chi connectivity index (χ2v) is 18.0. The van der Waals surface area contributed by atoms with Crippen molar-refractivity contribution in [1.29, 1.82) is 0 Å². The molecular weight excluding hydrogens is 613 g/mol. The van der Waals surface area contributed by atoms with Gasteiger partial charge in [0.2, 0.25) is 10.9 Å². The zero-order valence-electron chi connectivity index (χ0n) is 17.1. The third-order valence-corrected chi connectivity index (χ3v) is 15.2.